The third-order valence-electron chi connectivity index (χ3n) is 5.30. The minimum Gasteiger partial charge on any atom is -0.374 e. The van der Waals surface area contributed by atoms with Crippen LogP contribution in [-0.2, 0) is 0 Å². The van der Waals surface area contributed by atoms with Gasteiger partial charge in [-0.25, -0.2) is 4.98 Å². The number of fused-ring (bicyclic) bond motifs is 2. The van der Waals surface area contributed by atoms with Gasteiger partial charge in [0.15, 0.2) is 5.65 Å². The Bertz CT molecular complexity index is 1360. The lowest BCUT2D eigenvalue weighted by Crippen LogP contribution is -2.25. The van der Waals surface area contributed by atoms with E-state index >= 15 is 0 Å². The summed E-state index contributed by atoms with van der Waals surface area (Å²) in [6, 6.07) is 8.00. The number of aromatic amines is 2. The molecule has 5 aromatic rings. The highest BCUT2D eigenvalue weighted by molar-refractivity contribution is 5.95. The van der Waals surface area contributed by atoms with E-state index in [0.29, 0.717) is 12.1 Å². The molecular weight excluding hydrogens is 402 g/mol. The first-order valence-corrected chi connectivity index (χ1v) is 10.5. The van der Waals surface area contributed by atoms with Crippen molar-refractivity contribution in [3.63, 3.8) is 0 Å². The van der Waals surface area contributed by atoms with E-state index in [2.05, 4.69) is 62.3 Å². The number of aliphatic hydroxyl groups excluding tert-OH is 1. The minimum atomic E-state index is -0.648. The highest BCUT2D eigenvalue weighted by atomic mass is 16.3. The van der Waals surface area contributed by atoms with Crippen molar-refractivity contribution < 1.29 is 5.11 Å². The number of nitrogens with zero attached hydrogens (tertiary/aromatic N) is 4. The smallest absolute Gasteiger partial charge is 0.155 e. The second kappa shape index (κ2) is 7.72. The summed E-state index contributed by atoms with van der Waals surface area (Å²) < 4.78 is 0. The molecular formula is C24H25N7O. The molecule has 0 amide bonds. The van der Waals surface area contributed by atoms with Gasteiger partial charge < -0.3 is 15.4 Å². The van der Waals surface area contributed by atoms with Gasteiger partial charge in [0.05, 0.1) is 17.6 Å². The number of hydrogen-bond acceptors (Lipinski definition) is 6. The summed E-state index contributed by atoms with van der Waals surface area (Å²) in [6.45, 7) is 6.29. The van der Waals surface area contributed by atoms with Crippen LogP contribution in [0.2, 0.25) is 0 Å². The number of H-pyrrole nitrogens is 2. The Hall–Kier alpha value is -3.78. The summed E-state index contributed by atoms with van der Waals surface area (Å²) >= 11 is 0. The lowest BCUT2D eigenvalue weighted by Gasteiger charge is -2.23. The summed E-state index contributed by atoms with van der Waals surface area (Å²) in [5.41, 5.74) is 6.01. The zero-order valence-corrected chi connectivity index (χ0v) is 18.2. The molecule has 8 heteroatoms. The molecule has 1 atom stereocenters. The lowest BCUT2D eigenvalue weighted by atomic mass is 9.91. The van der Waals surface area contributed by atoms with Crippen LogP contribution in [0.1, 0.15) is 27.2 Å². The molecule has 0 aliphatic heterocycles. The van der Waals surface area contributed by atoms with Crippen LogP contribution in [0.4, 0.5) is 5.69 Å². The van der Waals surface area contributed by atoms with Crippen LogP contribution in [0.5, 0.6) is 0 Å². The average Bonchev–Trinajstić information content (AvgIpc) is 3.35. The molecule has 5 aromatic heterocycles. The number of nitrogens with one attached hydrogen (secondary N) is 3. The summed E-state index contributed by atoms with van der Waals surface area (Å²) in [7, 11) is 0. The summed E-state index contributed by atoms with van der Waals surface area (Å²) in [5, 5.41) is 22.9. The monoisotopic (exact) mass is 427 g/mol. The molecule has 0 spiro atoms. The SMILES string of the molecule is CC(C)(C)CC(O)Nc1cncc(-c2cnc3[nH]nc(-c4cc5cnccc5[nH]4)c3c2)c1. The highest BCUT2D eigenvalue weighted by Gasteiger charge is 2.17. The predicted molar refractivity (Wildman–Crippen MR) is 126 cm³/mol. The molecule has 0 bridgehead atoms. The van der Waals surface area contributed by atoms with Crippen LogP contribution in [-0.4, -0.2) is 41.5 Å². The van der Waals surface area contributed by atoms with Gasteiger partial charge in [-0.3, -0.25) is 15.1 Å². The van der Waals surface area contributed by atoms with E-state index in [1.54, 1.807) is 24.8 Å². The Balaban J connectivity index is 1.48. The molecule has 4 N–H and O–H groups in total. The second-order valence-electron chi connectivity index (χ2n) is 9.23. The molecule has 32 heavy (non-hydrogen) atoms. The first-order valence-electron chi connectivity index (χ1n) is 10.5. The van der Waals surface area contributed by atoms with Crippen molar-refractivity contribution in [2.45, 2.75) is 33.4 Å². The summed E-state index contributed by atoms with van der Waals surface area (Å²) in [4.78, 5) is 16.5. The van der Waals surface area contributed by atoms with Crippen molar-refractivity contribution in [1.29, 1.82) is 0 Å². The summed E-state index contributed by atoms with van der Waals surface area (Å²) in [5.74, 6) is 0. The van der Waals surface area contributed by atoms with E-state index in [4.69, 9.17) is 0 Å². The topological polar surface area (TPSA) is 115 Å². The fourth-order valence-electron chi connectivity index (χ4n) is 3.87. The van der Waals surface area contributed by atoms with Crippen LogP contribution < -0.4 is 5.32 Å². The molecule has 0 aromatic carbocycles. The molecule has 0 fully saturated rings. The van der Waals surface area contributed by atoms with Crippen molar-refractivity contribution in [3.05, 3.63) is 55.2 Å². The zero-order valence-electron chi connectivity index (χ0n) is 18.2. The van der Waals surface area contributed by atoms with E-state index in [0.717, 1.165) is 44.5 Å². The third-order valence-corrected chi connectivity index (χ3v) is 5.30. The maximum Gasteiger partial charge on any atom is 0.155 e. The average molecular weight is 428 g/mol. The Morgan fingerprint density at radius 2 is 1.88 bits per heavy atom. The standard InChI is InChI=1S/C24H25N7O/c1-24(2,3)9-21(32)28-17-6-14(10-26-13-17)15-7-18-22(30-31-23(18)27-12-15)20-8-16-11-25-5-4-19(16)29-20/h4-8,10-13,21,28-29,32H,9H2,1-3H3,(H,27,30,31). The molecule has 5 rings (SSSR count). The number of aromatic nitrogens is 6. The highest BCUT2D eigenvalue weighted by Crippen LogP contribution is 2.31. The maximum absolute atomic E-state index is 10.4. The van der Waals surface area contributed by atoms with E-state index in [9.17, 15) is 5.11 Å². The van der Waals surface area contributed by atoms with Gasteiger partial charge in [0.25, 0.3) is 0 Å². The van der Waals surface area contributed by atoms with Gasteiger partial charge in [0.1, 0.15) is 11.9 Å². The number of rotatable bonds is 5. The molecule has 0 aliphatic carbocycles. The van der Waals surface area contributed by atoms with Crippen molar-refractivity contribution in [2.75, 3.05) is 5.32 Å². The van der Waals surface area contributed by atoms with Gasteiger partial charge in [-0.2, -0.15) is 5.10 Å². The van der Waals surface area contributed by atoms with Crippen LogP contribution in [0.15, 0.2) is 55.2 Å². The zero-order chi connectivity index (χ0) is 22.3. The van der Waals surface area contributed by atoms with Crippen molar-refractivity contribution >= 4 is 27.6 Å². The predicted octanol–water partition coefficient (Wildman–Crippen LogP) is 4.73. The Kier molecular flexibility index (Phi) is 4.86. The number of aliphatic hydroxyl groups is 1. The fraction of sp³-hybridized carbons (Fsp3) is 0.250. The van der Waals surface area contributed by atoms with Crippen LogP contribution in [0, 0.1) is 5.41 Å². The van der Waals surface area contributed by atoms with Crippen molar-refractivity contribution in [1.82, 2.24) is 30.1 Å². The molecule has 1 unspecified atom stereocenters. The van der Waals surface area contributed by atoms with E-state index in [1.165, 1.54) is 0 Å². The van der Waals surface area contributed by atoms with Crippen LogP contribution in [0.3, 0.4) is 0 Å². The van der Waals surface area contributed by atoms with E-state index in [1.807, 2.05) is 24.4 Å². The van der Waals surface area contributed by atoms with E-state index in [-0.39, 0.29) is 5.41 Å². The van der Waals surface area contributed by atoms with Crippen LogP contribution >= 0.6 is 0 Å². The van der Waals surface area contributed by atoms with Gasteiger partial charge >= 0.3 is 0 Å². The van der Waals surface area contributed by atoms with Gasteiger partial charge in [0.2, 0.25) is 0 Å². The molecule has 0 saturated heterocycles. The maximum atomic E-state index is 10.4. The molecule has 0 saturated carbocycles. The molecule has 162 valence electrons. The lowest BCUT2D eigenvalue weighted by molar-refractivity contribution is 0.145. The first-order chi connectivity index (χ1) is 15.4. The first kappa shape index (κ1) is 20.1. The van der Waals surface area contributed by atoms with Crippen molar-refractivity contribution in [2.24, 2.45) is 5.41 Å². The number of hydrogen-bond donors (Lipinski definition) is 4. The van der Waals surface area contributed by atoms with Gasteiger partial charge in [-0.05, 0) is 36.1 Å². The fourth-order valence-corrected chi connectivity index (χ4v) is 3.87. The van der Waals surface area contributed by atoms with Gasteiger partial charge in [-0.15, -0.1) is 0 Å². The number of anilines is 1. The second-order valence-corrected chi connectivity index (χ2v) is 9.23. The van der Waals surface area contributed by atoms with Gasteiger partial charge in [-0.1, -0.05) is 20.8 Å². The Morgan fingerprint density at radius 1 is 1.03 bits per heavy atom. The summed E-state index contributed by atoms with van der Waals surface area (Å²) in [6.07, 6.45) is 8.87. The molecule has 0 aliphatic rings. The Morgan fingerprint density at radius 3 is 2.69 bits per heavy atom. The minimum absolute atomic E-state index is 0.0166. The van der Waals surface area contributed by atoms with Crippen LogP contribution in [0.25, 0.3) is 44.5 Å². The third kappa shape index (κ3) is 4.04. The van der Waals surface area contributed by atoms with Gasteiger partial charge in [0, 0.05) is 52.2 Å². The largest absolute Gasteiger partial charge is 0.374 e. The molecule has 8 nitrogen and oxygen atoms in total. The van der Waals surface area contributed by atoms with E-state index < -0.39 is 6.23 Å². The van der Waals surface area contributed by atoms with Crippen molar-refractivity contribution in [3.8, 4) is 22.5 Å². The molecule has 5 heterocycles. The molecule has 0 radical (unpaired) electrons. The Labute approximate surface area is 185 Å². The quantitative estimate of drug-likeness (QED) is 0.301. The number of pyridine rings is 3. The normalized spacial score (nSPS) is 13.0.